The monoisotopic (exact) mass is 394 g/mol. The minimum absolute atomic E-state index is 0.0145. The normalized spacial score (nSPS) is 23.5. The predicted octanol–water partition coefficient (Wildman–Crippen LogP) is 1.91. The van der Waals surface area contributed by atoms with Crippen molar-refractivity contribution in [1.82, 2.24) is 9.21 Å². The number of anilines is 1. The smallest absolute Gasteiger partial charge is 0.293 e. The van der Waals surface area contributed by atoms with Crippen LogP contribution in [0.25, 0.3) is 0 Å². The van der Waals surface area contributed by atoms with Gasteiger partial charge in [-0.2, -0.15) is 4.31 Å². The van der Waals surface area contributed by atoms with Gasteiger partial charge in [-0.3, -0.25) is 10.1 Å². The lowest BCUT2D eigenvalue weighted by atomic mass is 9.94. The molecule has 1 aromatic rings. The fraction of sp³-hybridized carbons (Fsp3) is 0.667. The van der Waals surface area contributed by atoms with Gasteiger partial charge in [0.15, 0.2) is 0 Å². The number of sulfonamides is 1. The van der Waals surface area contributed by atoms with E-state index in [1.54, 1.807) is 6.07 Å². The number of nitrogens with zero attached hydrogens (tertiary/aromatic N) is 4. The highest BCUT2D eigenvalue weighted by Crippen LogP contribution is 2.53. The van der Waals surface area contributed by atoms with Crippen LogP contribution in [-0.2, 0) is 10.0 Å². The summed E-state index contributed by atoms with van der Waals surface area (Å²) in [5.41, 5.74) is 0.766. The Hall–Kier alpha value is -1.71. The summed E-state index contributed by atoms with van der Waals surface area (Å²) in [6, 6.07) is 4.41. The third kappa shape index (κ3) is 3.55. The Balaban J connectivity index is 1.63. The van der Waals surface area contributed by atoms with Crippen LogP contribution in [0.1, 0.15) is 25.7 Å². The summed E-state index contributed by atoms with van der Waals surface area (Å²) in [6.07, 6.45) is 4.59. The van der Waals surface area contributed by atoms with Gasteiger partial charge in [-0.15, -0.1) is 0 Å². The SMILES string of the molecule is CN1CCN(S(=O)(=O)c2ccc(N3CCCC4(CC4)C3)c([N+](=O)[O-])c2)CC1. The number of benzene rings is 1. The second kappa shape index (κ2) is 6.72. The van der Waals surface area contributed by atoms with Crippen molar-refractivity contribution in [2.75, 3.05) is 51.2 Å². The van der Waals surface area contributed by atoms with E-state index in [-0.39, 0.29) is 10.6 Å². The van der Waals surface area contributed by atoms with Gasteiger partial charge >= 0.3 is 0 Å². The van der Waals surface area contributed by atoms with E-state index in [9.17, 15) is 18.5 Å². The molecule has 1 aliphatic carbocycles. The predicted molar refractivity (Wildman–Crippen MR) is 102 cm³/mol. The van der Waals surface area contributed by atoms with Gasteiger partial charge in [0, 0.05) is 45.3 Å². The third-order valence-corrected chi connectivity index (χ3v) is 8.10. The second-order valence-corrected chi connectivity index (χ2v) is 10.1. The van der Waals surface area contributed by atoms with Crippen LogP contribution in [-0.4, -0.2) is 68.9 Å². The van der Waals surface area contributed by atoms with Gasteiger partial charge in [-0.1, -0.05) is 0 Å². The van der Waals surface area contributed by atoms with E-state index in [0.29, 0.717) is 37.3 Å². The molecule has 1 aromatic carbocycles. The average Bonchev–Trinajstić information content (AvgIpc) is 3.39. The largest absolute Gasteiger partial charge is 0.365 e. The summed E-state index contributed by atoms with van der Waals surface area (Å²) in [7, 11) is -1.76. The Morgan fingerprint density at radius 3 is 2.41 bits per heavy atom. The lowest BCUT2D eigenvalue weighted by Crippen LogP contribution is -2.47. The molecular formula is C18H26N4O4S. The summed E-state index contributed by atoms with van der Waals surface area (Å²) in [5, 5.41) is 11.7. The zero-order chi connectivity index (χ0) is 19.2. The first-order valence-corrected chi connectivity index (χ1v) is 11.0. The van der Waals surface area contributed by atoms with Gasteiger partial charge in [0.05, 0.1) is 9.82 Å². The molecule has 0 radical (unpaired) electrons. The van der Waals surface area contributed by atoms with Crippen molar-refractivity contribution in [2.24, 2.45) is 5.41 Å². The second-order valence-electron chi connectivity index (χ2n) is 8.14. The first-order valence-electron chi connectivity index (χ1n) is 9.53. The van der Waals surface area contributed by atoms with Gasteiger partial charge < -0.3 is 9.80 Å². The molecule has 0 bridgehead atoms. The van der Waals surface area contributed by atoms with Crippen LogP contribution >= 0.6 is 0 Å². The van der Waals surface area contributed by atoms with E-state index in [0.717, 1.165) is 19.5 Å². The minimum Gasteiger partial charge on any atom is -0.365 e. The Kier molecular flexibility index (Phi) is 4.64. The molecule has 27 heavy (non-hydrogen) atoms. The minimum atomic E-state index is -3.72. The highest BCUT2D eigenvalue weighted by molar-refractivity contribution is 7.89. The zero-order valence-corrected chi connectivity index (χ0v) is 16.4. The lowest BCUT2D eigenvalue weighted by Gasteiger charge is -2.34. The number of likely N-dealkylation sites (N-methyl/N-ethyl adjacent to an activating group) is 1. The molecule has 2 heterocycles. The first kappa shape index (κ1) is 18.6. The number of piperidine rings is 1. The Morgan fingerprint density at radius 2 is 1.78 bits per heavy atom. The molecule has 1 saturated carbocycles. The van der Waals surface area contributed by atoms with Crippen molar-refractivity contribution >= 4 is 21.4 Å². The molecule has 3 aliphatic rings. The number of hydrogen-bond donors (Lipinski definition) is 0. The fourth-order valence-electron chi connectivity index (χ4n) is 4.25. The number of hydrogen-bond acceptors (Lipinski definition) is 6. The first-order chi connectivity index (χ1) is 12.8. The molecule has 1 spiro atoms. The summed E-state index contributed by atoms with van der Waals surface area (Å²) < 4.78 is 27.3. The highest BCUT2D eigenvalue weighted by atomic mass is 32.2. The highest BCUT2D eigenvalue weighted by Gasteiger charge is 2.46. The number of nitro groups is 1. The van der Waals surface area contributed by atoms with Gasteiger partial charge in [0.2, 0.25) is 10.0 Å². The van der Waals surface area contributed by atoms with Crippen molar-refractivity contribution in [3.05, 3.63) is 28.3 Å². The maximum absolute atomic E-state index is 12.9. The van der Waals surface area contributed by atoms with E-state index in [1.807, 2.05) is 7.05 Å². The molecule has 2 aliphatic heterocycles. The molecule has 0 atom stereocenters. The van der Waals surface area contributed by atoms with E-state index in [2.05, 4.69) is 9.80 Å². The van der Waals surface area contributed by atoms with Crippen LogP contribution < -0.4 is 4.90 Å². The maximum atomic E-state index is 12.9. The topological polar surface area (TPSA) is 87.0 Å². The summed E-state index contributed by atoms with van der Waals surface area (Å²) in [5.74, 6) is 0. The standard InChI is InChI=1S/C18H26N4O4S/c1-19-9-11-21(12-10-19)27(25,26)15-3-4-16(17(13-15)22(23)24)20-8-2-5-18(14-20)6-7-18/h3-4,13H,2,5-12,14H2,1H3. The van der Waals surface area contributed by atoms with Crippen molar-refractivity contribution < 1.29 is 13.3 Å². The summed E-state index contributed by atoms with van der Waals surface area (Å²) in [6.45, 7) is 3.75. The molecule has 148 valence electrons. The van der Waals surface area contributed by atoms with Gasteiger partial charge in [0.1, 0.15) is 5.69 Å². The van der Waals surface area contributed by atoms with E-state index >= 15 is 0 Å². The number of rotatable bonds is 4. The van der Waals surface area contributed by atoms with E-state index in [1.165, 1.54) is 35.7 Å². The zero-order valence-electron chi connectivity index (χ0n) is 15.6. The van der Waals surface area contributed by atoms with Crippen LogP contribution in [0, 0.1) is 15.5 Å². The Bertz CT molecular complexity index is 845. The fourth-order valence-corrected chi connectivity index (χ4v) is 5.70. The average molecular weight is 394 g/mol. The molecule has 8 nitrogen and oxygen atoms in total. The molecule has 0 aromatic heterocycles. The quantitative estimate of drug-likeness (QED) is 0.573. The van der Waals surface area contributed by atoms with Crippen molar-refractivity contribution in [3.8, 4) is 0 Å². The van der Waals surface area contributed by atoms with Crippen molar-refractivity contribution in [2.45, 2.75) is 30.6 Å². The van der Waals surface area contributed by atoms with Crippen molar-refractivity contribution in [1.29, 1.82) is 0 Å². The summed E-state index contributed by atoms with van der Waals surface area (Å²) in [4.78, 5) is 15.4. The van der Waals surface area contributed by atoms with Gasteiger partial charge in [-0.25, -0.2) is 8.42 Å². The number of piperazine rings is 1. The van der Waals surface area contributed by atoms with Crippen LogP contribution in [0.2, 0.25) is 0 Å². The van der Waals surface area contributed by atoms with Crippen LogP contribution in [0.3, 0.4) is 0 Å². The maximum Gasteiger partial charge on any atom is 0.293 e. The molecule has 0 N–H and O–H groups in total. The van der Waals surface area contributed by atoms with Crippen LogP contribution in [0.4, 0.5) is 11.4 Å². The molecule has 0 amide bonds. The molecule has 0 unspecified atom stereocenters. The van der Waals surface area contributed by atoms with E-state index < -0.39 is 14.9 Å². The van der Waals surface area contributed by atoms with Gasteiger partial charge in [0.25, 0.3) is 5.69 Å². The van der Waals surface area contributed by atoms with Crippen LogP contribution in [0.5, 0.6) is 0 Å². The Morgan fingerprint density at radius 1 is 1.07 bits per heavy atom. The molecule has 4 rings (SSSR count). The molecule has 9 heteroatoms. The van der Waals surface area contributed by atoms with E-state index in [4.69, 9.17) is 0 Å². The lowest BCUT2D eigenvalue weighted by molar-refractivity contribution is -0.384. The van der Waals surface area contributed by atoms with Crippen molar-refractivity contribution in [3.63, 3.8) is 0 Å². The number of nitro benzene ring substituents is 1. The third-order valence-electron chi connectivity index (χ3n) is 6.20. The van der Waals surface area contributed by atoms with Gasteiger partial charge in [-0.05, 0) is 50.3 Å². The molecular weight excluding hydrogens is 368 g/mol. The van der Waals surface area contributed by atoms with Crippen LogP contribution in [0.15, 0.2) is 23.1 Å². The summed E-state index contributed by atoms with van der Waals surface area (Å²) >= 11 is 0. The Labute approximate surface area is 159 Å². The molecule has 3 fully saturated rings. The molecule has 2 saturated heterocycles.